The molecule has 9 nitrogen and oxygen atoms in total. The maximum atomic E-state index is 16.6. The molecule has 0 aliphatic rings. The minimum absolute atomic E-state index is 0.00497. The molecule has 0 heterocycles. The van der Waals surface area contributed by atoms with Gasteiger partial charge in [-0.05, 0) is 114 Å². The van der Waals surface area contributed by atoms with Crippen molar-refractivity contribution >= 4 is 66.2 Å². The second-order valence-corrected chi connectivity index (χ2v) is 19.3. The van der Waals surface area contributed by atoms with E-state index in [1.807, 2.05) is 182 Å². The first-order valence-electron chi connectivity index (χ1n) is 26.3. The Labute approximate surface area is 467 Å². The molecule has 0 amide bonds. The smallest absolute Gasteiger partial charge is 0.201 e. The average molecular weight is 1060 g/mol. The fourth-order valence-corrected chi connectivity index (χ4v) is 11.2. The van der Waals surface area contributed by atoms with Crippen LogP contribution < -0.4 is 23.7 Å². The number of fused-ring (bicyclic) bond motifs is 4. The number of hydrogen-bond acceptors (Lipinski definition) is 9. The summed E-state index contributed by atoms with van der Waals surface area (Å²) in [6.07, 6.45) is 0. The third-order valence-electron chi connectivity index (χ3n) is 15.0. The normalized spacial score (nSPS) is 11.2. The molecule has 0 N–H and O–H groups in total. The van der Waals surface area contributed by atoms with Gasteiger partial charge < -0.3 is 23.7 Å². The van der Waals surface area contributed by atoms with Gasteiger partial charge in [0, 0.05) is 11.1 Å². The van der Waals surface area contributed by atoms with Crippen LogP contribution in [0.3, 0.4) is 0 Å². The van der Waals surface area contributed by atoms with Gasteiger partial charge in [0.2, 0.25) is 11.6 Å². The van der Waals surface area contributed by atoms with Crippen LogP contribution in [-0.2, 0) is 0 Å². The molecule has 12 rings (SSSR count). The Morgan fingerprint density at radius 3 is 0.765 bits per heavy atom. The highest BCUT2D eigenvalue weighted by Crippen LogP contribution is 2.46. The summed E-state index contributed by atoms with van der Waals surface area (Å²) in [7, 11) is 5.98. The van der Waals surface area contributed by atoms with Gasteiger partial charge in [-0.25, -0.2) is 0 Å². The van der Waals surface area contributed by atoms with Crippen LogP contribution in [0.5, 0.6) is 34.5 Å². The van der Waals surface area contributed by atoms with Gasteiger partial charge in [-0.2, -0.15) is 0 Å². The van der Waals surface area contributed by atoms with Crippen molar-refractivity contribution in [1.29, 1.82) is 0 Å². The van der Waals surface area contributed by atoms with E-state index in [2.05, 4.69) is 0 Å². The summed E-state index contributed by atoms with van der Waals surface area (Å²) < 4.78 is 31.4. The van der Waals surface area contributed by atoms with Gasteiger partial charge in [0.1, 0.15) is 34.5 Å². The van der Waals surface area contributed by atoms with Crippen molar-refractivity contribution in [3.05, 3.63) is 275 Å². The van der Waals surface area contributed by atoms with Gasteiger partial charge in [0.05, 0.1) is 61.8 Å². The van der Waals surface area contributed by atoms with Crippen LogP contribution in [0.25, 0.3) is 65.3 Å². The molecule has 12 aromatic rings. The van der Waals surface area contributed by atoms with Gasteiger partial charge >= 0.3 is 0 Å². The highest BCUT2D eigenvalue weighted by Gasteiger charge is 2.36. The Hall–Kier alpha value is -10.6. The van der Waals surface area contributed by atoms with Crippen LogP contribution in [0.2, 0.25) is 0 Å². The van der Waals surface area contributed by atoms with Crippen molar-refractivity contribution in [2.45, 2.75) is 0 Å². The first-order chi connectivity index (χ1) is 39.7. The van der Waals surface area contributed by atoms with Crippen molar-refractivity contribution < 1.29 is 42.9 Å². The van der Waals surface area contributed by atoms with Crippen LogP contribution >= 0.6 is 0 Å². The second-order valence-electron chi connectivity index (χ2n) is 19.3. The van der Waals surface area contributed by atoms with E-state index in [1.165, 1.54) is 28.4 Å². The average Bonchev–Trinajstić information content (AvgIpc) is 3.68. The number of rotatable bonds is 16. The van der Waals surface area contributed by atoms with E-state index < -0.39 is 23.1 Å². The lowest BCUT2D eigenvalue weighted by molar-refractivity contribution is 0.0997. The van der Waals surface area contributed by atoms with Gasteiger partial charge in [-0.1, -0.05) is 182 Å². The molecular formula is C72H50O9. The van der Waals surface area contributed by atoms with Gasteiger partial charge in [-0.15, -0.1) is 0 Å². The van der Waals surface area contributed by atoms with Crippen LogP contribution in [0.1, 0.15) is 63.7 Å². The Morgan fingerprint density at radius 2 is 0.481 bits per heavy atom. The lowest BCUT2D eigenvalue weighted by atomic mass is 9.83. The predicted molar refractivity (Wildman–Crippen MR) is 320 cm³/mol. The molecule has 0 bridgehead atoms. The maximum Gasteiger partial charge on any atom is 0.201 e. The summed E-state index contributed by atoms with van der Waals surface area (Å²) >= 11 is 0. The van der Waals surface area contributed by atoms with E-state index in [4.69, 9.17) is 23.7 Å². The summed E-state index contributed by atoms with van der Waals surface area (Å²) in [5.74, 6) is -1.42. The van der Waals surface area contributed by atoms with Crippen molar-refractivity contribution in [2.75, 3.05) is 28.4 Å². The lowest BCUT2D eigenvalue weighted by Crippen LogP contribution is -2.18. The first-order valence-corrected chi connectivity index (χ1v) is 26.3. The molecule has 0 unspecified atom stereocenters. The second kappa shape index (κ2) is 21.6. The van der Waals surface area contributed by atoms with Crippen LogP contribution in [0, 0.1) is 0 Å². The Morgan fingerprint density at radius 1 is 0.235 bits per heavy atom. The van der Waals surface area contributed by atoms with Crippen LogP contribution in [0.4, 0.5) is 0 Å². The largest absolute Gasteiger partial charge is 0.496 e. The Balaban J connectivity index is 1.22. The van der Waals surface area contributed by atoms with Crippen molar-refractivity contribution in [2.24, 2.45) is 0 Å². The summed E-state index contributed by atoms with van der Waals surface area (Å²) in [4.78, 5) is 65.9. The Kier molecular flexibility index (Phi) is 13.7. The number of benzene rings is 12. The standard InChI is InChI=1S/C72H50O9/c1-77-55-37-31-45-23-11-15-27-49(45)61(55)69(73)65-53(43-19-7-5-8-20-43)35-41-59(67(65)71(75)63-51-29-17-13-25-47(51)33-39-57(63)79-3)81-60-42-36-54(44-21-9-6-10-22-44)66(70(74)62-50-28-16-12-24-46(50)32-38-56(62)78-2)68(60)72(76)64-52-30-18-14-26-48(52)34-40-58(64)80-4/h5-42H,1-4H3. The lowest BCUT2D eigenvalue weighted by Gasteiger charge is -2.23. The minimum Gasteiger partial charge on any atom is -0.496 e. The van der Waals surface area contributed by atoms with E-state index in [9.17, 15) is 0 Å². The van der Waals surface area contributed by atoms with E-state index in [0.717, 1.165) is 21.5 Å². The van der Waals surface area contributed by atoms with Crippen LogP contribution in [0.15, 0.2) is 231 Å². The molecule has 0 aliphatic carbocycles. The van der Waals surface area contributed by atoms with E-state index in [1.54, 1.807) is 48.5 Å². The zero-order valence-corrected chi connectivity index (χ0v) is 44.6. The quantitative estimate of drug-likeness (QED) is 0.0873. The molecular weight excluding hydrogens is 1010 g/mol. The molecule has 9 heteroatoms. The third kappa shape index (κ3) is 8.97. The molecule has 0 atom stereocenters. The van der Waals surface area contributed by atoms with Crippen LogP contribution in [-0.4, -0.2) is 51.6 Å². The topological polar surface area (TPSA) is 114 Å². The molecule has 0 aromatic heterocycles. The zero-order valence-electron chi connectivity index (χ0n) is 44.6. The Bertz CT molecular complexity index is 4220. The van der Waals surface area contributed by atoms with Gasteiger partial charge in [-0.3, -0.25) is 19.2 Å². The number of ketones is 4. The predicted octanol–water partition coefficient (Wildman–Crippen LogP) is 16.4. The molecule has 0 radical (unpaired) electrons. The fourth-order valence-electron chi connectivity index (χ4n) is 11.2. The van der Waals surface area contributed by atoms with Crippen molar-refractivity contribution in [3.8, 4) is 56.8 Å². The SMILES string of the molecule is COc1ccc2ccccc2c1C(=O)c1c(Oc2ccc(-c3ccccc3)c(C(=O)c3c(OC)ccc4ccccc34)c2C(=O)c2c(OC)ccc3ccccc23)ccc(-c2ccccc2)c1C(=O)c1c(OC)ccc2ccccc12. The maximum absolute atomic E-state index is 16.6. The minimum atomic E-state index is -0.611. The molecule has 0 saturated carbocycles. The molecule has 0 fully saturated rings. The molecule has 12 aromatic carbocycles. The van der Waals surface area contributed by atoms with Gasteiger partial charge in [0.25, 0.3) is 0 Å². The van der Waals surface area contributed by atoms with Gasteiger partial charge in [0.15, 0.2) is 11.6 Å². The number of methoxy groups -OCH3 is 4. The van der Waals surface area contributed by atoms with Crippen molar-refractivity contribution in [1.82, 2.24) is 0 Å². The van der Waals surface area contributed by atoms with E-state index >= 15 is 19.2 Å². The number of carbonyl (C=O) groups is 4. The summed E-state index contributed by atoms with van der Waals surface area (Å²) in [6, 6.07) is 69.7. The molecule has 392 valence electrons. The summed E-state index contributed by atoms with van der Waals surface area (Å²) in [5, 5.41) is 5.32. The number of ether oxygens (including phenoxy) is 5. The first kappa shape index (κ1) is 51.1. The number of carbonyl (C=O) groups excluding carboxylic acids is 4. The zero-order chi connectivity index (χ0) is 55.7. The number of hydrogen-bond donors (Lipinski definition) is 0. The van der Waals surface area contributed by atoms with E-state index in [-0.39, 0.29) is 79.0 Å². The summed E-state index contributed by atoms with van der Waals surface area (Å²) in [5.41, 5.74) is 2.58. The van der Waals surface area contributed by atoms with E-state index in [0.29, 0.717) is 43.8 Å². The molecule has 0 spiro atoms. The summed E-state index contributed by atoms with van der Waals surface area (Å²) in [6.45, 7) is 0. The monoisotopic (exact) mass is 1060 g/mol. The molecule has 81 heavy (non-hydrogen) atoms. The van der Waals surface area contributed by atoms with Crippen molar-refractivity contribution in [3.63, 3.8) is 0 Å². The molecule has 0 aliphatic heterocycles. The highest BCUT2D eigenvalue weighted by atomic mass is 16.5. The highest BCUT2D eigenvalue weighted by molar-refractivity contribution is 6.31. The fraction of sp³-hybridized carbons (Fsp3) is 0.0556. The third-order valence-corrected chi connectivity index (χ3v) is 15.0. The molecule has 0 saturated heterocycles.